The van der Waals surface area contributed by atoms with Crippen molar-refractivity contribution >= 4 is 0 Å². The summed E-state index contributed by atoms with van der Waals surface area (Å²) in [5, 5.41) is 3.22. The SMILES string of the molecule is Cc1oc(C(F)(F)F)nc1CC1CCCN1. The van der Waals surface area contributed by atoms with Crippen LogP contribution in [-0.4, -0.2) is 17.6 Å². The van der Waals surface area contributed by atoms with Gasteiger partial charge in [0.1, 0.15) is 5.76 Å². The summed E-state index contributed by atoms with van der Waals surface area (Å²) in [5.74, 6) is -0.876. The molecule has 0 radical (unpaired) electrons. The first kappa shape index (κ1) is 11.4. The van der Waals surface area contributed by atoms with Crippen LogP contribution in [0.4, 0.5) is 13.2 Å². The molecular weight excluding hydrogens is 221 g/mol. The molecule has 1 atom stereocenters. The lowest BCUT2D eigenvalue weighted by atomic mass is 10.1. The van der Waals surface area contributed by atoms with E-state index >= 15 is 0 Å². The van der Waals surface area contributed by atoms with Crippen molar-refractivity contribution in [2.24, 2.45) is 0 Å². The molecule has 2 heterocycles. The van der Waals surface area contributed by atoms with E-state index in [4.69, 9.17) is 0 Å². The lowest BCUT2D eigenvalue weighted by molar-refractivity contribution is -0.157. The van der Waals surface area contributed by atoms with Crippen molar-refractivity contribution in [3.8, 4) is 0 Å². The third kappa shape index (κ3) is 2.37. The Morgan fingerprint density at radius 1 is 1.50 bits per heavy atom. The fourth-order valence-corrected chi connectivity index (χ4v) is 1.90. The highest BCUT2D eigenvalue weighted by atomic mass is 19.4. The van der Waals surface area contributed by atoms with Crippen LogP contribution >= 0.6 is 0 Å². The van der Waals surface area contributed by atoms with Gasteiger partial charge in [0.2, 0.25) is 0 Å². The van der Waals surface area contributed by atoms with Crippen LogP contribution in [0.2, 0.25) is 0 Å². The Morgan fingerprint density at radius 2 is 2.25 bits per heavy atom. The molecule has 3 nitrogen and oxygen atoms in total. The number of nitrogens with zero attached hydrogens (tertiary/aromatic N) is 1. The lowest BCUT2D eigenvalue weighted by Crippen LogP contribution is -2.24. The van der Waals surface area contributed by atoms with Gasteiger partial charge in [0.15, 0.2) is 0 Å². The van der Waals surface area contributed by atoms with E-state index in [9.17, 15) is 13.2 Å². The molecule has 0 saturated carbocycles. The van der Waals surface area contributed by atoms with Crippen LogP contribution < -0.4 is 5.32 Å². The second-order valence-corrected chi connectivity index (χ2v) is 4.02. The topological polar surface area (TPSA) is 38.1 Å². The van der Waals surface area contributed by atoms with Gasteiger partial charge in [0, 0.05) is 12.5 Å². The van der Waals surface area contributed by atoms with Gasteiger partial charge >= 0.3 is 12.1 Å². The van der Waals surface area contributed by atoms with Crippen LogP contribution in [0, 0.1) is 6.92 Å². The summed E-state index contributed by atoms with van der Waals surface area (Å²) in [6.45, 7) is 2.44. The third-order valence-electron chi connectivity index (χ3n) is 2.74. The molecule has 1 aromatic rings. The molecule has 6 heteroatoms. The number of halogens is 3. The van der Waals surface area contributed by atoms with Gasteiger partial charge in [-0.2, -0.15) is 13.2 Å². The van der Waals surface area contributed by atoms with E-state index in [2.05, 4.69) is 14.7 Å². The Bertz CT molecular complexity index is 367. The van der Waals surface area contributed by atoms with E-state index in [0.717, 1.165) is 19.4 Å². The van der Waals surface area contributed by atoms with Gasteiger partial charge in [-0.15, -0.1) is 0 Å². The number of hydrogen-bond acceptors (Lipinski definition) is 3. The van der Waals surface area contributed by atoms with Gasteiger partial charge in [-0.05, 0) is 26.3 Å². The fourth-order valence-electron chi connectivity index (χ4n) is 1.90. The average Bonchev–Trinajstić information content (AvgIpc) is 2.76. The average molecular weight is 234 g/mol. The van der Waals surface area contributed by atoms with Crippen molar-refractivity contribution in [1.29, 1.82) is 0 Å². The van der Waals surface area contributed by atoms with E-state index < -0.39 is 12.1 Å². The zero-order valence-electron chi connectivity index (χ0n) is 8.90. The Labute approximate surface area is 91.0 Å². The largest absolute Gasteiger partial charge is 0.468 e. The quantitative estimate of drug-likeness (QED) is 0.853. The molecule has 0 amide bonds. The monoisotopic (exact) mass is 234 g/mol. The number of aryl methyl sites for hydroxylation is 1. The van der Waals surface area contributed by atoms with Gasteiger partial charge in [-0.3, -0.25) is 0 Å². The second kappa shape index (κ2) is 4.08. The van der Waals surface area contributed by atoms with Crippen LogP contribution in [0.3, 0.4) is 0 Å². The smallest absolute Gasteiger partial charge is 0.438 e. The van der Waals surface area contributed by atoms with E-state index in [-0.39, 0.29) is 11.8 Å². The fraction of sp³-hybridized carbons (Fsp3) is 0.700. The summed E-state index contributed by atoms with van der Waals surface area (Å²) in [6, 6.07) is 0.227. The first-order valence-electron chi connectivity index (χ1n) is 5.23. The number of nitrogens with one attached hydrogen (secondary N) is 1. The number of aromatic nitrogens is 1. The molecule has 1 unspecified atom stereocenters. The number of rotatable bonds is 2. The minimum atomic E-state index is -4.49. The summed E-state index contributed by atoms with van der Waals surface area (Å²) in [7, 11) is 0. The van der Waals surface area contributed by atoms with Gasteiger partial charge < -0.3 is 9.73 Å². The minimum absolute atomic E-state index is 0.227. The van der Waals surface area contributed by atoms with Gasteiger partial charge in [-0.25, -0.2) is 4.98 Å². The van der Waals surface area contributed by atoms with E-state index in [1.807, 2.05) is 0 Å². The Hall–Kier alpha value is -1.04. The van der Waals surface area contributed by atoms with E-state index in [1.54, 1.807) is 0 Å². The molecule has 16 heavy (non-hydrogen) atoms. The van der Waals surface area contributed by atoms with Gasteiger partial charge in [0.05, 0.1) is 5.69 Å². The van der Waals surface area contributed by atoms with Crippen molar-refractivity contribution in [2.75, 3.05) is 6.54 Å². The summed E-state index contributed by atoms with van der Waals surface area (Å²) in [4.78, 5) is 3.51. The Morgan fingerprint density at radius 3 is 2.75 bits per heavy atom. The van der Waals surface area contributed by atoms with Crippen molar-refractivity contribution in [2.45, 2.75) is 38.4 Å². The van der Waals surface area contributed by atoms with Crippen LogP contribution in [-0.2, 0) is 12.6 Å². The highest BCUT2D eigenvalue weighted by Crippen LogP contribution is 2.30. The standard InChI is InChI=1S/C10H13F3N2O/c1-6-8(5-7-3-2-4-14-7)15-9(16-6)10(11,12)13/h7,14H,2-5H2,1H3. The van der Waals surface area contributed by atoms with Gasteiger partial charge in [-0.1, -0.05) is 0 Å². The Balaban J connectivity index is 2.12. The predicted octanol–water partition coefficient (Wildman–Crippen LogP) is 2.30. The number of alkyl halides is 3. The van der Waals surface area contributed by atoms with Crippen molar-refractivity contribution in [1.82, 2.24) is 10.3 Å². The van der Waals surface area contributed by atoms with Crippen LogP contribution in [0.5, 0.6) is 0 Å². The third-order valence-corrected chi connectivity index (χ3v) is 2.74. The second-order valence-electron chi connectivity index (χ2n) is 4.02. The van der Waals surface area contributed by atoms with Crippen molar-refractivity contribution < 1.29 is 17.6 Å². The number of hydrogen-bond donors (Lipinski definition) is 1. The molecule has 90 valence electrons. The predicted molar refractivity (Wildman–Crippen MR) is 51.0 cm³/mol. The molecule has 1 fully saturated rings. The first-order valence-corrected chi connectivity index (χ1v) is 5.23. The normalized spacial score (nSPS) is 21.6. The highest BCUT2D eigenvalue weighted by molar-refractivity contribution is 5.11. The van der Waals surface area contributed by atoms with E-state index in [0.29, 0.717) is 12.1 Å². The van der Waals surface area contributed by atoms with Crippen LogP contribution in [0.1, 0.15) is 30.2 Å². The maximum atomic E-state index is 12.3. The highest BCUT2D eigenvalue weighted by Gasteiger charge is 2.38. The molecular formula is C10H13F3N2O. The molecule has 1 N–H and O–H groups in total. The minimum Gasteiger partial charge on any atom is -0.438 e. The van der Waals surface area contributed by atoms with Crippen molar-refractivity contribution in [3.63, 3.8) is 0 Å². The molecule has 1 saturated heterocycles. The molecule has 0 aliphatic carbocycles. The summed E-state index contributed by atoms with van der Waals surface area (Å²) < 4.78 is 41.6. The van der Waals surface area contributed by atoms with Crippen molar-refractivity contribution in [3.05, 3.63) is 17.3 Å². The molecule has 0 bridgehead atoms. The summed E-state index contributed by atoms with van der Waals surface area (Å²) in [6.07, 6.45) is -1.95. The maximum Gasteiger partial charge on any atom is 0.468 e. The van der Waals surface area contributed by atoms with Gasteiger partial charge in [0.25, 0.3) is 0 Å². The maximum absolute atomic E-state index is 12.3. The molecule has 1 aliphatic heterocycles. The first-order chi connectivity index (χ1) is 7.47. The Kier molecular flexibility index (Phi) is 2.92. The molecule has 1 aromatic heterocycles. The lowest BCUT2D eigenvalue weighted by Gasteiger charge is -2.07. The molecule has 2 rings (SSSR count). The van der Waals surface area contributed by atoms with E-state index in [1.165, 1.54) is 6.92 Å². The summed E-state index contributed by atoms with van der Waals surface area (Å²) >= 11 is 0. The van der Waals surface area contributed by atoms with Crippen LogP contribution in [0.15, 0.2) is 4.42 Å². The summed E-state index contributed by atoms with van der Waals surface area (Å²) in [5.41, 5.74) is 0.409. The zero-order valence-corrected chi connectivity index (χ0v) is 8.90. The van der Waals surface area contributed by atoms with Crippen LogP contribution in [0.25, 0.3) is 0 Å². The molecule has 0 spiro atoms. The zero-order chi connectivity index (χ0) is 11.8. The molecule has 1 aliphatic rings. The molecule has 0 aromatic carbocycles. The number of oxazole rings is 1.